The minimum Gasteiger partial charge on any atom is -0.383 e. The molecule has 1 aliphatic rings. The number of carbonyl (C=O) groups excluding carboxylic acids is 2. The summed E-state index contributed by atoms with van der Waals surface area (Å²) >= 11 is 16.5. The van der Waals surface area contributed by atoms with Gasteiger partial charge < -0.3 is 16.8 Å². The Labute approximate surface area is 305 Å². The van der Waals surface area contributed by atoms with Crippen LogP contribution in [0.5, 0.6) is 0 Å². The standard InChI is InChI=1S/C13H11ClN4OS.C12H13ClN4S.C6H7N3OS/c1-20-12-15-6-8-7-18(13(19)17-11(8)16-12)10-5-3-2-4-9(10)14;1-18-12-16-7-8(11(14)17-12)6-15-10-5-3-2-4-9(10)13;1-11-6-8-2-4(3-10)5(7)9-6/h2-6H,7H2,1H3,(H,15,16,17,19);2-5,7,15H,6H2,1H3,(H2,14,16,17);2-3H,1H3,(H2,7,8,9). The van der Waals surface area contributed by atoms with Crippen molar-refractivity contribution in [2.75, 3.05) is 45.8 Å². The maximum absolute atomic E-state index is 12.2. The number of amides is 2. The number of nitrogens with zero attached hydrogens (tertiary/aromatic N) is 7. The molecular weight excluding hydrogens is 726 g/mol. The van der Waals surface area contributed by atoms with Crippen molar-refractivity contribution in [3.8, 4) is 0 Å². The predicted molar refractivity (Wildman–Crippen MR) is 201 cm³/mol. The van der Waals surface area contributed by atoms with Gasteiger partial charge in [0.2, 0.25) is 0 Å². The molecule has 6 rings (SSSR count). The maximum Gasteiger partial charge on any atom is 0.327 e. The summed E-state index contributed by atoms with van der Waals surface area (Å²) in [6, 6.07) is 14.6. The first kappa shape index (κ1) is 37.5. The highest BCUT2D eigenvalue weighted by Gasteiger charge is 2.26. The lowest BCUT2D eigenvalue weighted by atomic mass is 10.2. The number of para-hydroxylation sites is 2. The minimum absolute atomic E-state index is 0.236. The lowest BCUT2D eigenvalue weighted by molar-refractivity contribution is 0.112. The van der Waals surface area contributed by atoms with E-state index >= 15 is 0 Å². The van der Waals surface area contributed by atoms with Crippen molar-refractivity contribution in [3.05, 3.63) is 93.9 Å². The lowest BCUT2D eigenvalue weighted by Gasteiger charge is -2.29. The number of fused-ring (bicyclic) bond motifs is 1. The number of hydrogen-bond donors (Lipinski definition) is 4. The number of halogens is 2. The van der Waals surface area contributed by atoms with Crippen molar-refractivity contribution >= 4 is 99.6 Å². The molecule has 2 aromatic carbocycles. The van der Waals surface area contributed by atoms with Crippen molar-refractivity contribution in [1.82, 2.24) is 29.9 Å². The average molecular weight is 757 g/mol. The monoisotopic (exact) mass is 755 g/mol. The smallest absolute Gasteiger partial charge is 0.327 e. The average Bonchev–Trinajstić information content (AvgIpc) is 3.12. The molecule has 0 spiro atoms. The largest absolute Gasteiger partial charge is 0.383 e. The maximum atomic E-state index is 12.2. The molecule has 0 bridgehead atoms. The van der Waals surface area contributed by atoms with E-state index in [1.807, 2.05) is 61.2 Å². The zero-order chi connectivity index (χ0) is 35.3. The topological polar surface area (TPSA) is 191 Å². The fourth-order valence-electron chi connectivity index (χ4n) is 4.00. The van der Waals surface area contributed by atoms with E-state index in [1.54, 1.807) is 23.4 Å². The third-order valence-corrected chi connectivity index (χ3v) is 8.84. The predicted octanol–water partition coefficient (Wildman–Crippen LogP) is 7.04. The van der Waals surface area contributed by atoms with E-state index in [1.165, 1.54) is 41.5 Å². The summed E-state index contributed by atoms with van der Waals surface area (Å²) in [5, 5.41) is 9.08. The molecule has 0 radical (unpaired) electrons. The van der Waals surface area contributed by atoms with Gasteiger partial charge in [-0.05, 0) is 43.0 Å². The zero-order valence-corrected chi connectivity index (χ0v) is 30.4. The SMILES string of the molecule is CSc1ncc(C=O)c(N)n1.CSc1ncc(CNc2ccccc2Cl)c(N)n1.CSc1ncc2c(n1)NC(=O)N(c1ccccc1Cl)C2. The van der Waals surface area contributed by atoms with E-state index in [2.05, 4.69) is 40.5 Å². The molecule has 0 saturated carbocycles. The van der Waals surface area contributed by atoms with Gasteiger partial charge in [-0.3, -0.25) is 15.0 Å². The van der Waals surface area contributed by atoms with Crippen LogP contribution in [0.3, 0.4) is 0 Å². The Kier molecular flexibility index (Phi) is 14.1. The lowest BCUT2D eigenvalue weighted by Crippen LogP contribution is -2.39. The summed E-state index contributed by atoms with van der Waals surface area (Å²) in [5.41, 5.74) is 14.9. The molecule has 0 fully saturated rings. The zero-order valence-electron chi connectivity index (χ0n) is 26.4. The van der Waals surface area contributed by atoms with Crippen LogP contribution in [0.2, 0.25) is 10.0 Å². The number of anilines is 5. The molecule has 2 amide bonds. The molecule has 0 saturated heterocycles. The van der Waals surface area contributed by atoms with Gasteiger partial charge in [-0.25, -0.2) is 34.7 Å². The Morgan fingerprint density at radius 2 is 1.43 bits per heavy atom. The molecule has 254 valence electrons. The van der Waals surface area contributed by atoms with Crippen LogP contribution in [0.1, 0.15) is 21.5 Å². The van der Waals surface area contributed by atoms with Crippen LogP contribution < -0.4 is 27.0 Å². The summed E-state index contributed by atoms with van der Waals surface area (Å²) in [5.74, 6) is 1.30. The van der Waals surface area contributed by atoms with E-state index in [4.69, 9.17) is 34.7 Å². The molecule has 13 nitrogen and oxygen atoms in total. The third kappa shape index (κ3) is 10.3. The number of nitrogens with two attached hydrogens (primary N) is 2. The third-order valence-electron chi connectivity index (χ3n) is 6.50. The number of carbonyl (C=O) groups is 2. The highest BCUT2D eigenvalue weighted by molar-refractivity contribution is 7.98. The Hall–Kier alpha value is -4.35. The highest BCUT2D eigenvalue weighted by atomic mass is 35.5. The fourth-order valence-corrected chi connectivity index (χ4v) is 5.47. The molecule has 18 heteroatoms. The highest BCUT2D eigenvalue weighted by Crippen LogP contribution is 2.31. The second kappa shape index (κ2) is 18.4. The second-order valence-electron chi connectivity index (χ2n) is 9.61. The Bertz CT molecular complexity index is 1920. The van der Waals surface area contributed by atoms with Gasteiger partial charge in [-0.1, -0.05) is 82.8 Å². The van der Waals surface area contributed by atoms with Gasteiger partial charge in [0.15, 0.2) is 21.8 Å². The van der Waals surface area contributed by atoms with Crippen LogP contribution in [-0.2, 0) is 13.1 Å². The number of nitrogen functional groups attached to an aromatic ring is 2. The Morgan fingerprint density at radius 1 is 0.837 bits per heavy atom. The molecule has 6 N–H and O–H groups in total. The molecule has 4 heterocycles. The number of hydrogen-bond acceptors (Lipinski definition) is 14. The fraction of sp³-hybridized carbons (Fsp3) is 0.161. The van der Waals surface area contributed by atoms with Gasteiger partial charge in [-0.2, -0.15) is 0 Å². The van der Waals surface area contributed by atoms with Gasteiger partial charge in [0, 0.05) is 36.3 Å². The Balaban J connectivity index is 0.000000173. The van der Waals surface area contributed by atoms with Crippen LogP contribution in [0, 0.1) is 0 Å². The molecule has 5 aromatic rings. The second-order valence-corrected chi connectivity index (χ2v) is 12.7. The van der Waals surface area contributed by atoms with Crippen molar-refractivity contribution in [2.24, 2.45) is 0 Å². The van der Waals surface area contributed by atoms with Gasteiger partial charge in [0.25, 0.3) is 0 Å². The van der Waals surface area contributed by atoms with E-state index in [-0.39, 0.29) is 11.8 Å². The van der Waals surface area contributed by atoms with E-state index < -0.39 is 0 Å². The molecule has 0 atom stereocenters. The summed E-state index contributed by atoms with van der Waals surface area (Å²) < 4.78 is 0. The quantitative estimate of drug-likeness (QED) is 0.0716. The number of rotatable bonds is 8. The number of aldehydes is 1. The van der Waals surface area contributed by atoms with E-state index in [9.17, 15) is 9.59 Å². The molecule has 3 aromatic heterocycles. The van der Waals surface area contributed by atoms with Crippen LogP contribution in [0.4, 0.5) is 33.6 Å². The first-order chi connectivity index (χ1) is 23.7. The number of urea groups is 1. The van der Waals surface area contributed by atoms with Crippen LogP contribution in [0.15, 0.2) is 82.6 Å². The van der Waals surface area contributed by atoms with Crippen molar-refractivity contribution in [3.63, 3.8) is 0 Å². The van der Waals surface area contributed by atoms with Gasteiger partial charge in [-0.15, -0.1) is 0 Å². The normalized spacial score (nSPS) is 11.6. The molecule has 49 heavy (non-hydrogen) atoms. The number of benzene rings is 2. The molecule has 1 aliphatic heterocycles. The minimum atomic E-state index is -0.239. The summed E-state index contributed by atoms with van der Waals surface area (Å²) in [4.78, 5) is 48.7. The summed E-state index contributed by atoms with van der Waals surface area (Å²) in [7, 11) is 0. The molecule has 0 aliphatic carbocycles. The van der Waals surface area contributed by atoms with Gasteiger partial charge in [0.1, 0.15) is 17.5 Å². The van der Waals surface area contributed by atoms with Gasteiger partial charge in [0.05, 0.1) is 33.5 Å². The first-order valence-corrected chi connectivity index (χ1v) is 18.6. The first-order valence-electron chi connectivity index (χ1n) is 14.2. The van der Waals surface area contributed by atoms with Crippen LogP contribution >= 0.6 is 58.5 Å². The van der Waals surface area contributed by atoms with Crippen molar-refractivity contribution in [1.29, 1.82) is 0 Å². The van der Waals surface area contributed by atoms with Crippen molar-refractivity contribution in [2.45, 2.75) is 28.6 Å². The number of nitrogens with one attached hydrogen (secondary N) is 2. The van der Waals surface area contributed by atoms with E-state index in [0.717, 1.165) is 16.8 Å². The van der Waals surface area contributed by atoms with Crippen LogP contribution in [-0.4, -0.2) is 61.0 Å². The number of thioether (sulfide) groups is 3. The molecular formula is C31H31Cl2N11O2S3. The summed E-state index contributed by atoms with van der Waals surface area (Å²) in [6.07, 6.45) is 11.2. The summed E-state index contributed by atoms with van der Waals surface area (Å²) in [6.45, 7) is 0.948. The van der Waals surface area contributed by atoms with Crippen LogP contribution in [0.25, 0.3) is 0 Å². The molecule has 0 unspecified atom stereocenters. The van der Waals surface area contributed by atoms with Crippen molar-refractivity contribution < 1.29 is 9.59 Å². The number of aromatic nitrogens is 6. The van der Waals surface area contributed by atoms with E-state index in [0.29, 0.717) is 67.8 Å². The Morgan fingerprint density at radius 3 is 2.04 bits per heavy atom. The van der Waals surface area contributed by atoms with Gasteiger partial charge >= 0.3 is 6.03 Å².